The predicted octanol–water partition coefficient (Wildman–Crippen LogP) is 3.03. The largest absolute Gasteiger partial charge is 0.484 e. The Hall–Kier alpha value is -3.15. The summed E-state index contributed by atoms with van der Waals surface area (Å²) in [4.78, 5) is 37.0. The van der Waals surface area contributed by atoms with Gasteiger partial charge in [0.05, 0.1) is 0 Å². The summed E-state index contributed by atoms with van der Waals surface area (Å²) in [7, 11) is 0. The molecule has 1 N–H and O–H groups in total. The molecule has 0 radical (unpaired) electrons. The molecular weight excluding hydrogens is 332 g/mol. The molecule has 3 rings (SSSR count). The van der Waals surface area contributed by atoms with Crippen molar-refractivity contribution in [3.05, 3.63) is 54.1 Å². The molecule has 1 fully saturated rings. The summed E-state index contributed by atoms with van der Waals surface area (Å²) in [5.41, 5.74) is 1.86. The molecule has 0 atom stereocenters. The van der Waals surface area contributed by atoms with Crippen LogP contribution >= 0.6 is 0 Å². The average molecular weight is 352 g/mol. The van der Waals surface area contributed by atoms with Crippen molar-refractivity contribution in [2.24, 2.45) is 0 Å². The zero-order valence-electron chi connectivity index (χ0n) is 14.5. The second-order valence-electron chi connectivity index (χ2n) is 6.12. The van der Waals surface area contributed by atoms with Gasteiger partial charge in [0.15, 0.2) is 12.4 Å². The number of hydrogen-bond donors (Lipinski definition) is 1. The predicted molar refractivity (Wildman–Crippen MR) is 98.6 cm³/mol. The van der Waals surface area contributed by atoms with Crippen molar-refractivity contribution in [3.63, 3.8) is 0 Å². The highest BCUT2D eigenvalue weighted by Gasteiger charge is 2.21. The molecule has 26 heavy (non-hydrogen) atoms. The number of ether oxygens (including phenoxy) is 1. The topological polar surface area (TPSA) is 75.7 Å². The summed E-state index contributed by atoms with van der Waals surface area (Å²) in [6.07, 6.45) is 1.42. The maximum atomic E-state index is 12.1. The number of carbonyl (C=O) groups excluding carboxylic acids is 3. The quantitative estimate of drug-likeness (QED) is 0.811. The van der Waals surface area contributed by atoms with Crippen LogP contribution in [0.5, 0.6) is 5.75 Å². The van der Waals surface area contributed by atoms with Gasteiger partial charge in [-0.2, -0.15) is 0 Å². The highest BCUT2D eigenvalue weighted by molar-refractivity contribution is 5.97. The lowest BCUT2D eigenvalue weighted by molar-refractivity contribution is -0.118. The molecule has 0 bridgehead atoms. The van der Waals surface area contributed by atoms with E-state index < -0.39 is 0 Å². The van der Waals surface area contributed by atoms with Crippen LogP contribution in [0.2, 0.25) is 0 Å². The van der Waals surface area contributed by atoms with Crippen LogP contribution in [-0.2, 0) is 9.59 Å². The fourth-order valence-corrected chi connectivity index (χ4v) is 2.82. The SMILES string of the molecule is CC(=O)c1cccc(NC(=O)COc2cccc(N3CCCC3=O)c2)c1. The lowest BCUT2D eigenvalue weighted by Gasteiger charge is -2.16. The molecule has 1 heterocycles. The van der Waals surface area contributed by atoms with Crippen LogP contribution in [0.25, 0.3) is 0 Å². The number of rotatable bonds is 6. The Kier molecular flexibility index (Phi) is 5.31. The van der Waals surface area contributed by atoms with Crippen LogP contribution in [0.4, 0.5) is 11.4 Å². The van der Waals surface area contributed by atoms with Gasteiger partial charge in [0.1, 0.15) is 5.75 Å². The first-order valence-corrected chi connectivity index (χ1v) is 8.47. The highest BCUT2D eigenvalue weighted by Crippen LogP contribution is 2.25. The zero-order chi connectivity index (χ0) is 18.5. The summed E-state index contributed by atoms with van der Waals surface area (Å²) < 4.78 is 5.54. The molecule has 0 aromatic heterocycles. The van der Waals surface area contributed by atoms with E-state index in [1.165, 1.54) is 6.92 Å². The van der Waals surface area contributed by atoms with Crippen molar-refractivity contribution in [2.45, 2.75) is 19.8 Å². The number of nitrogens with one attached hydrogen (secondary N) is 1. The molecule has 1 saturated heterocycles. The van der Waals surface area contributed by atoms with Gasteiger partial charge in [-0.25, -0.2) is 0 Å². The van der Waals surface area contributed by atoms with E-state index >= 15 is 0 Å². The zero-order valence-corrected chi connectivity index (χ0v) is 14.5. The second-order valence-corrected chi connectivity index (χ2v) is 6.12. The first kappa shape index (κ1) is 17.7. The van der Waals surface area contributed by atoms with Gasteiger partial charge >= 0.3 is 0 Å². The molecular formula is C20H20N2O4. The molecule has 134 valence electrons. The van der Waals surface area contributed by atoms with Crippen molar-refractivity contribution in [1.29, 1.82) is 0 Å². The van der Waals surface area contributed by atoms with Crippen molar-refractivity contribution in [3.8, 4) is 5.75 Å². The first-order valence-electron chi connectivity index (χ1n) is 8.47. The van der Waals surface area contributed by atoms with E-state index in [1.54, 1.807) is 47.4 Å². The molecule has 1 aliphatic heterocycles. The van der Waals surface area contributed by atoms with E-state index in [1.807, 2.05) is 6.07 Å². The number of amides is 2. The van der Waals surface area contributed by atoms with E-state index in [0.717, 1.165) is 12.1 Å². The Balaban J connectivity index is 1.59. The van der Waals surface area contributed by atoms with Gasteiger partial charge in [0.2, 0.25) is 5.91 Å². The van der Waals surface area contributed by atoms with Gasteiger partial charge in [-0.05, 0) is 37.6 Å². The normalized spacial score (nSPS) is 13.6. The van der Waals surface area contributed by atoms with Gasteiger partial charge in [0.25, 0.3) is 5.91 Å². The van der Waals surface area contributed by atoms with Gasteiger partial charge < -0.3 is 15.0 Å². The minimum atomic E-state index is -0.326. The highest BCUT2D eigenvalue weighted by atomic mass is 16.5. The van der Waals surface area contributed by atoms with E-state index in [9.17, 15) is 14.4 Å². The van der Waals surface area contributed by atoms with Crippen LogP contribution in [0.3, 0.4) is 0 Å². The summed E-state index contributed by atoms with van der Waals surface area (Å²) in [6, 6.07) is 13.9. The van der Waals surface area contributed by atoms with Crippen molar-refractivity contribution in [2.75, 3.05) is 23.4 Å². The van der Waals surface area contributed by atoms with Gasteiger partial charge in [0, 0.05) is 36.0 Å². The van der Waals surface area contributed by atoms with Crippen LogP contribution in [0, 0.1) is 0 Å². The molecule has 0 spiro atoms. The standard InChI is InChI=1S/C20H20N2O4/c1-14(23)15-5-2-6-16(11-15)21-19(24)13-26-18-8-3-7-17(12-18)22-10-4-9-20(22)25/h2-3,5-8,11-12H,4,9-10,13H2,1H3,(H,21,24). The van der Waals surface area contributed by atoms with E-state index in [2.05, 4.69) is 5.32 Å². The number of Topliss-reactive ketones (excluding diaryl/α,β-unsaturated/α-hetero) is 1. The average Bonchev–Trinajstić information content (AvgIpc) is 3.06. The smallest absolute Gasteiger partial charge is 0.262 e. The fourth-order valence-electron chi connectivity index (χ4n) is 2.82. The van der Waals surface area contributed by atoms with Crippen LogP contribution in [0.1, 0.15) is 30.1 Å². The van der Waals surface area contributed by atoms with Crippen molar-refractivity contribution >= 4 is 29.0 Å². The Morgan fingerprint density at radius 1 is 1.15 bits per heavy atom. The lowest BCUT2D eigenvalue weighted by Crippen LogP contribution is -2.24. The monoisotopic (exact) mass is 352 g/mol. The van der Waals surface area contributed by atoms with Gasteiger partial charge in [-0.3, -0.25) is 14.4 Å². The molecule has 0 saturated carbocycles. The molecule has 2 aromatic carbocycles. The molecule has 0 aliphatic carbocycles. The first-order chi connectivity index (χ1) is 12.5. The Morgan fingerprint density at radius 3 is 2.69 bits per heavy atom. The van der Waals surface area contributed by atoms with Gasteiger partial charge in [-0.15, -0.1) is 0 Å². The molecule has 6 heteroatoms. The van der Waals surface area contributed by atoms with Crippen molar-refractivity contribution in [1.82, 2.24) is 0 Å². The minimum Gasteiger partial charge on any atom is -0.484 e. The van der Waals surface area contributed by atoms with Crippen LogP contribution in [0.15, 0.2) is 48.5 Å². The number of hydrogen-bond acceptors (Lipinski definition) is 4. The Bertz CT molecular complexity index is 847. The van der Waals surface area contributed by atoms with E-state index in [-0.39, 0.29) is 24.2 Å². The number of benzene rings is 2. The second kappa shape index (κ2) is 7.82. The Labute approximate surface area is 151 Å². The third-order valence-electron chi connectivity index (χ3n) is 4.13. The van der Waals surface area contributed by atoms with Crippen molar-refractivity contribution < 1.29 is 19.1 Å². The number of anilines is 2. The summed E-state index contributed by atoms with van der Waals surface area (Å²) >= 11 is 0. The molecule has 2 amide bonds. The summed E-state index contributed by atoms with van der Waals surface area (Å²) in [5, 5.41) is 2.70. The Morgan fingerprint density at radius 2 is 1.96 bits per heavy atom. The lowest BCUT2D eigenvalue weighted by atomic mass is 10.1. The minimum absolute atomic E-state index is 0.0642. The van der Waals surface area contributed by atoms with Crippen LogP contribution < -0.4 is 15.0 Å². The third kappa shape index (κ3) is 4.27. The van der Waals surface area contributed by atoms with E-state index in [0.29, 0.717) is 30.0 Å². The third-order valence-corrected chi connectivity index (χ3v) is 4.13. The fraction of sp³-hybridized carbons (Fsp3) is 0.250. The van der Waals surface area contributed by atoms with E-state index in [4.69, 9.17) is 4.74 Å². The maximum Gasteiger partial charge on any atom is 0.262 e. The summed E-state index contributed by atoms with van der Waals surface area (Å²) in [6.45, 7) is 2.01. The maximum absolute atomic E-state index is 12.1. The molecule has 1 aliphatic rings. The number of carbonyl (C=O) groups is 3. The molecule has 0 unspecified atom stereocenters. The van der Waals surface area contributed by atoms with Crippen LogP contribution in [-0.4, -0.2) is 30.7 Å². The number of ketones is 1. The van der Waals surface area contributed by atoms with Gasteiger partial charge in [-0.1, -0.05) is 18.2 Å². The molecule has 2 aromatic rings. The summed E-state index contributed by atoms with van der Waals surface area (Å²) in [5.74, 6) is 0.235. The number of nitrogens with zero attached hydrogens (tertiary/aromatic N) is 1. The molecule has 6 nitrogen and oxygen atoms in total.